The summed E-state index contributed by atoms with van der Waals surface area (Å²) in [6.07, 6.45) is 1.92. The summed E-state index contributed by atoms with van der Waals surface area (Å²) in [4.78, 5) is 26.9. The van der Waals surface area contributed by atoms with Crippen molar-refractivity contribution in [2.24, 2.45) is 0 Å². The molecule has 2 aromatic carbocycles. The molecule has 28 heavy (non-hydrogen) atoms. The Morgan fingerprint density at radius 1 is 1.14 bits per heavy atom. The zero-order valence-electron chi connectivity index (χ0n) is 16.8. The van der Waals surface area contributed by atoms with Gasteiger partial charge in [0.1, 0.15) is 12.4 Å². The first-order chi connectivity index (χ1) is 13.5. The van der Waals surface area contributed by atoms with Crippen LogP contribution in [0.2, 0.25) is 0 Å². The van der Waals surface area contributed by atoms with Gasteiger partial charge in [0.05, 0.1) is 6.04 Å². The number of amides is 2. The highest BCUT2D eigenvalue weighted by molar-refractivity contribution is 5.96. The van der Waals surface area contributed by atoms with Gasteiger partial charge in [-0.05, 0) is 69.5 Å². The first kappa shape index (κ1) is 19.9. The third kappa shape index (κ3) is 4.71. The largest absolute Gasteiger partial charge is 0.491 e. The maximum absolute atomic E-state index is 12.9. The van der Waals surface area contributed by atoms with E-state index >= 15 is 0 Å². The number of nitrogens with zero attached hydrogens (tertiary/aromatic N) is 1. The second-order valence-corrected chi connectivity index (χ2v) is 7.57. The molecule has 1 atom stereocenters. The van der Waals surface area contributed by atoms with Gasteiger partial charge >= 0.3 is 0 Å². The maximum atomic E-state index is 12.9. The SMILES string of the molecule is Cc1ccccc1C(=O)N1CCC[C@@H]1COc1ccc(C(=O)NC(C)C)cc1. The van der Waals surface area contributed by atoms with E-state index in [1.807, 2.05) is 49.9 Å². The van der Waals surface area contributed by atoms with Gasteiger partial charge in [0, 0.05) is 23.7 Å². The number of likely N-dealkylation sites (tertiary alicyclic amines) is 1. The van der Waals surface area contributed by atoms with E-state index in [9.17, 15) is 9.59 Å². The van der Waals surface area contributed by atoms with E-state index in [0.717, 1.165) is 30.5 Å². The van der Waals surface area contributed by atoms with Gasteiger partial charge in [0.15, 0.2) is 0 Å². The van der Waals surface area contributed by atoms with E-state index in [-0.39, 0.29) is 23.9 Å². The van der Waals surface area contributed by atoms with Gasteiger partial charge in [-0.25, -0.2) is 0 Å². The zero-order valence-corrected chi connectivity index (χ0v) is 16.8. The summed E-state index contributed by atoms with van der Waals surface area (Å²) < 4.78 is 5.93. The second kappa shape index (κ2) is 8.91. The van der Waals surface area contributed by atoms with Crippen LogP contribution in [0.15, 0.2) is 48.5 Å². The van der Waals surface area contributed by atoms with Gasteiger partial charge in [0.2, 0.25) is 0 Å². The van der Waals surface area contributed by atoms with E-state index in [2.05, 4.69) is 5.32 Å². The van der Waals surface area contributed by atoms with Crippen molar-refractivity contribution in [1.82, 2.24) is 10.2 Å². The Kier molecular flexibility index (Phi) is 6.34. The number of aryl methyl sites for hydroxylation is 1. The van der Waals surface area contributed by atoms with E-state index in [1.165, 1.54) is 0 Å². The number of rotatable bonds is 6. The molecule has 0 saturated carbocycles. The Balaban J connectivity index is 1.60. The van der Waals surface area contributed by atoms with Crippen molar-refractivity contribution < 1.29 is 14.3 Å². The Bertz CT molecular complexity index is 830. The van der Waals surface area contributed by atoms with Crippen LogP contribution >= 0.6 is 0 Å². The minimum Gasteiger partial charge on any atom is -0.491 e. The molecular weight excluding hydrogens is 352 g/mol. The molecule has 0 aromatic heterocycles. The van der Waals surface area contributed by atoms with Crippen LogP contribution in [0.4, 0.5) is 0 Å². The summed E-state index contributed by atoms with van der Waals surface area (Å²) in [6, 6.07) is 15.0. The molecule has 0 radical (unpaired) electrons. The Morgan fingerprint density at radius 3 is 2.54 bits per heavy atom. The summed E-state index contributed by atoms with van der Waals surface area (Å²) >= 11 is 0. The number of benzene rings is 2. The van der Waals surface area contributed by atoms with Crippen molar-refractivity contribution >= 4 is 11.8 Å². The maximum Gasteiger partial charge on any atom is 0.254 e. The predicted octanol–water partition coefficient (Wildman–Crippen LogP) is 3.82. The van der Waals surface area contributed by atoms with Gasteiger partial charge in [-0.15, -0.1) is 0 Å². The van der Waals surface area contributed by atoms with Crippen LogP contribution < -0.4 is 10.1 Å². The molecule has 5 heteroatoms. The van der Waals surface area contributed by atoms with Gasteiger partial charge < -0.3 is 15.0 Å². The van der Waals surface area contributed by atoms with Gasteiger partial charge in [0.25, 0.3) is 11.8 Å². The van der Waals surface area contributed by atoms with Crippen LogP contribution in [-0.4, -0.2) is 41.9 Å². The van der Waals surface area contributed by atoms with Gasteiger partial charge in [-0.2, -0.15) is 0 Å². The van der Waals surface area contributed by atoms with Crippen molar-refractivity contribution in [3.8, 4) is 5.75 Å². The topological polar surface area (TPSA) is 58.6 Å². The van der Waals surface area contributed by atoms with Crippen molar-refractivity contribution in [3.63, 3.8) is 0 Å². The van der Waals surface area contributed by atoms with E-state index in [1.54, 1.807) is 24.3 Å². The van der Waals surface area contributed by atoms with Crippen LogP contribution in [0.5, 0.6) is 5.75 Å². The summed E-state index contributed by atoms with van der Waals surface area (Å²) in [5, 5.41) is 2.87. The standard InChI is InChI=1S/C23H28N2O3/c1-16(2)24-22(26)18-10-12-20(13-11-18)28-15-19-8-6-14-25(19)23(27)21-9-5-4-7-17(21)3/h4-5,7,9-13,16,19H,6,8,14-15H2,1-3H3,(H,24,26)/t19-/m1/s1. The molecule has 0 bridgehead atoms. The minimum atomic E-state index is -0.0904. The molecule has 148 valence electrons. The second-order valence-electron chi connectivity index (χ2n) is 7.57. The Hall–Kier alpha value is -2.82. The van der Waals surface area contributed by atoms with E-state index in [4.69, 9.17) is 4.74 Å². The average Bonchev–Trinajstić information content (AvgIpc) is 3.14. The minimum absolute atomic E-state index is 0.0658. The number of nitrogens with one attached hydrogen (secondary N) is 1. The molecule has 5 nitrogen and oxygen atoms in total. The van der Waals surface area contributed by atoms with Crippen molar-refractivity contribution in [2.75, 3.05) is 13.2 Å². The fraction of sp³-hybridized carbons (Fsp3) is 0.391. The average molecular weight is 380 g/mol. The van der Waals surface area contributed by atoms with Crippen LogP contribution in [0.1, 0.15) is 53.0 Å². The lowest BCUT2D eigenvalue weighted by Gasteiger charge is -2.25. The number of ether oxygens (including phenoxy) is 1. The molecule has 1 heterocycles. The molecule has 2 amide bonds. The molecule has 0 aliphatic carbocycles. The zero-order chi connectivity index (χ0) is 20.1. The lowest BCUT2D eigenvalue weighted by atomic mass is 10.1. The smallest absolute Gasteiger partial charge is 0.254 e. The van der Waals surface area contributed by atoms with E-state index in [0.29, 0.717) is 17.9 Å². The van der Waals surface area contributed by atoms with Crippen LogP contribution in [0, 0.1) is 6.92 Å². The third-order valence-electron chi connectivity index (χ3n) is 4.99. The number of carbonyl (C=O) groups is 2. The van der Waals surface area contributed by atoms with Crippen LogP contribution in [0.25, 0.3) is 0 Å². The lowest BCUT2D eigenvalue weighted by molar-refractivity contribution is 0.0690. The molecule has 3 rings (SSSR count). The molecule has 1 N–H and O–H groups in total. The third-order valence-corrected chi connectivity index (χ3v) is 4.99. The number of hydrogen-bond acceptors (Lipinski definition) is 3. The van der Waals surface area contributed by atoms with Crippen LogP contribution in [0.3, 0.4) is 0 Å². The quantitative estimate of drug-likeness (QED) is 0.829. The molecule has 1 aliphatic heterocycles. The fourth-order valence-corrected chi connectivity index (χ4v) is 3.48. The Morgan fingerprint density at radius 2 is 1.86 bits per heavy atom. The molecule has 1 fully saturated rings. The van der Waals surface area contributed by atoms with Crippen molar-refractivity contribution in [3.05, 3.63) is 65.2 Å². The molecule has 0 unspecified atom stereocenters. The van der Waals surface area contributed by atoms with Gasteiger partial charge in [-0.1, -0.05) is 18.2 Å². The molecular formula is C23H28N2O3. The molecule has 2 aromatic rings. The molecule has 1 saturated heterocycles. The predicted molar refractivity (Wildman–Crippen MR) is 110 cm³/mol. The molecule has 0 spiro atoms. The first-order valence-electron chi connectivity index (χ1n) is 9.86. The van der Waals surface area contributed by atoms with Crippen molar-refractivity contribution in [2.45, 2.75) is 45.7 Å². The Labute approximate surface area is 166 Å². The van der Waals surface area contributed by atoms with Crippen LogP contribution in [-0.2, 0) is 0 Å². The highest BCUT2D eigenvalue weighted by Crippen LogP contribution is 2.23. The summed E-state index contributed by atoms with van der Waals surface area (Å²) in [5.41, 5.74) is 2.36. The highest BCUT2D eigenvalue weighted by Gasteiger charge is 2.30. The first-order valence-corrected chi connectivity index (χ1v) is 9.86. The highest BCUT2D eigenvalue weighted by atomic mass is 16.5. The summed E-state index contributed by atoms with van der Waals surface area (Å²) in [6.45, 7) is 7.04. The number of hydrogen-bond donors (Lipinski definition) is 1. The monoisotopic (exact) mass is 380 g/mol. The van der Waals surface area contributed by atoms with Gasteiger partial charge in [-0.3, -0.25) is 9.59 Å². The van der Waals surface area contributed by atoms with E-state index < -0.39 is 0 Å². The van der Waals surface area contributed by atoms with Crippen molar-refractivity contribution in [1.29, 1.82) is 0 Å². The molecule has 1 aliphatic rings. The number of carbonyl (C=O) groups excluding carboxylic acids is 2. The normalized spacial score (nSPS) is 16.3. The lowest BCUT2D eigenvalue weighted by Crippen LogP contribution is -2.39. The summed E-state index contributed by atoms with van der Waals surface area (Å²) in [7, 11) is 0. The summed E-state index contributed by atoms with van der Waals surface area (Å²) in [5.74, 6) is 0.688. The fourth-order valence-electron chi connectivity index (χ4n) is 3.48.